The lowest BCUT2D eigenvalue weighted by Crippen LogP contribution is -2.18. The Morgan fingerprint density at radius 3 is 1.91 bits per heavy atom. The highest BCUT2D eigenvalue weighted by Crippen LogP contribution is 2.36. The molecule has 4 heterocycles. The summed E-state index contributed by atoms with van der Waals surface area (Å²) in [5.74, 6) is 0. The molecule has 10 rings (SSSR count). The monoisotopic (exact) mass is 750 g/mol. The molecule has 0 saturated heterocycles. The summed E-state index contributed by atoms with van der Waals surface area (Å²) in [5.41, 5.74) is 20.6. The maximum Gasteiger partial charge on any atom is 0.135 e. The Morgan fingerprint density at radius 1 is 0.569 bits per heavy atom. The molecular weight excluding hydrogens is 713 g/mol. The van der Waals surface area contributed by atoms with E-state index in [1.54, 1.807) is 6.20 Å². The van der Waals surface area contributed by atoms with Crippen molar-refractivity contribution in [2.75, 3.05) is 0 Å². The second-order valence-electron chi connectivity index (χ2n) is 14.5. The van der Waals surface area contributed by atoms with Gasteiger partial charge in [-0.3, -0.25) is 4.98 Å². The number of hydrogen-bond donors (Lipinski definition) is 1. The third-order valence-corrected chi connectivity index (χ3v) is 11.0. The Labute approximate surface area is 334 Å². The van der Waals surface area contributed by atoms with Gasteiger partial charge in [0.15, 0.2) is 0 Å². The number of nitrogens with two attached hydrogens (primary N) is 1. The van der Waals surface area contributed by atoms with Crippen LogP contribution in [0.25, 0.3) is 101 Å². The fraction of sp³-hybridized carbons (Fsp3) is 0.0377. The van der Waals surface area contributed by atoms with Gasteiger partial charge in [0.25, 0.3) is 0 Å². The average molecular weight is 751 g/mol. The predicted molar refractivity (Wildman–Crippen MR) is 240 cm³/mol. The number of furan rings is 3. The lowest BCUT2D eigenvalue weighted by Gasteiger charge is -2.07. The van der Waals surface area contributed by atoms with Gasteiger partial charge in [-0.25, -0.2) is 0 Å². The minimum atomic E-state index is 0.633. The SMILES string of the molecule is C=c1oc2ccccc2/c1=C/C(=C\C)c1cccc(-c2ccc3oc4ccc(C(/C=C\N)=C/Cc5cc(-c6ccc7oc8ccccc8c7c6)ccn5)cc4c3c2)c1. The Kier molecular flexibility index (Phi) is 8.68. The molecule has 10 aromatic rings. The van der Waals surface area contributed by atoms with Crippen molar-refractivity contribution in [1.29, 1.82) is 0 Å². The van der Waals surface area contributed by atoms with E-state index in [1.807, 2.05) is 60.8 Å². The molecule has 0 fully saturated rings. The van der Waals surface area contributed by atoms with Crippen molar-refractivity contribution in [3.8, 4) is 22.3 Å². The molecule has 0 aliphatic rings. The van der Waals surface area contributed by atoms with Crippen molar-refractivity contribution in [3.63, 3.8) is 0 Å². The standard InChI is InChI=1S/C53H38N2O3/c1-3-34(29-45-33(2)56-49-13-6-4-11-43(45)49)36-9-8-10-37(27-36)39-17-22-53-48(32-39)47-30-38(16-20-52(47)58-53)35(23-25-54)15-19-42-28-41(24-26-55-42)40-18-21-51-46(31-40)44-12-5-7-14-50(44)57-51/h3-18,20-32H,2,19,54H2,1H3/b25-23-,34-3+,35-15+,45-29+. The number of nitrogens with zero attached hydrogens (tertiary/aromatic N) is 1. The van der Waals surface area contributed by atoms with Crippen LogP contribution in [0.2, 0.25) is 0 Å². The van der Waals surface area contributed by atoms with Crippen LogP contribution < -0.4 is 16.4 Å². The quantitative estimate of drug-likeness (QED) is 0.156. The maximum absolute atomic E-state index is 6.35. The summed E-state index contributed by atoms with van der Waals surface area (Å²) >= 11 is 0. The topological polar surface area (TPSA) is 78.3 Å². The number of hydrogen-bond acceptors (Lipinski definition) is 5. The molecule has 0 atom stereocenters. The van der Waals surface area contributed by atoms with Crippen LogP contribution in [0.5, 0.6) is 0 Å². The Morgan fingerprint density at radius 2 is 1.17 bits per heavy atom. The summed E-state index contributed by atoms with van der Waals surface area (Å²) < 4.78 is 18.4. The Hall–Kier alpha value is -7.63. The molecular formula is C53H38N2O3. The van der Waals surface area contributed by atoms with Crippen LogP contribution in [-0.2, 0) is 6.42 Å². The number of benzene rings is 6. The highest BCUT2D eigenvalue weighted by Gasteiger charge is 2.13. The smallest absolute Gasteiger partial charge is 0.135 e. The molecule has 0 aliphatic heterocycles. The largest absolute Gasteiger partial charge is 0.457 e. The molecule has 5 nitrogen and oxygen atoms in total. The van der Waals surface area contributed by atoms with Gasteiger partial charge in [-0.15, -0.1) is 0 Å². The molecule has 58 heavy (non-hydrogen) atoms. The van der Waals surface area contributed by atoms with Crippen molar-refractivity contribution >= 4 is 78.6 Å². The molecule has 4 aromatic heterocycles. The number of allylic oxidation sites excluding steroid dienone is 5. The summed E-state index contributed by atoms with van der Waals surface area (Å²) in [4.78, 5) is 4.72. The van der Waals surface area contributed by atoms with E-state index in [1.165, 1.54) is 0 Å². The van der Waals surface area contributed by atoms with Gasteiger partial charge in [0.05, 0.1) is 0 Å². The molecule has 278 valence electrons. The molecule has 0 bridgehead atoms. The maximum atomic E-state index is 6.35. The van der Waals surface area contributed by atoms with Crippen LogP contribution in [0.1, 0.15) is 23.7 Å². The minimum Gasteiger partial charge on any atom is -0.457 e. The van der Waals surface area contributed by atoms with E-state index in [9.17, 15) is 0 Å². The summed E-state index contributed by atoms with van der Waals surface area (Å²) in [7, 11) is 0. The first-order valence-electron chi connectivity index (χ1n) is 19.4. The first kappa shape index (κ1) is 34.8. The van der Waals surface area contributed by atoms with Crippen LogP contribution in [0.15, 0.2) is 183 Å². The lowest BCUT2D eigenvalue weighted by atomic mass is 9.96. The number of pyridine rings is 1. The fourth-order valence-corrected chi connectivity index (χ4v) is 8.05. The van der Waals surface area contributed by atoms with Gasteiger partial charge in [0.2, 0.25) is 0 Å². The number of rotatable bonds is 8. The summed E-state index contributed by atoms with van der Waals surface area (Å²) in [6.07, 6.45) is 12.5. The van der Waals surface area contributed by atoms with E-state index in [0.717, 1.165) is 110 Å². The van der Waals surface area contributed by atoms with Crippen molar-refractivity contribution in [2.24, 2.45) is 5.73 Å². The van der Waals surface area contributed by atoms with Crippen LogP contribution in [0.4, 0.5) is 0 Å². The van der Waals surface area contributed by atoms with Crippen LogP contribution in [-0.4, -0.2) is 4.98 Å². The summed E-state index contributed by atoms with van der Waals surface area (Å²) in [6.45, 7) is 6.24. The van der Waals surface area contributed by atoms with Gasteiger partial charge in [-0.05, 0) is 137 Å². The molecule has 2 N–H and O–H groups in total. The molecule has 5 heteroatoms. The van der Waals surface area contributed by atoms with Gasteiger partial charge < -0.3 is 19.0 Å². The van der Waals surface area contributed by atoms with Gasteiger partial charge in [0.1, 0.15) is 33.3 Å². The van der Waals surface area contributed by atoms with E-state index in [4.69, 9.17) is 24.0 Å². The second kappa shape index (κ2) is 14.5. The Balaban J connectivity index is 0.960. The van der Waals surface area contributed by atoms with E-state index in [2.05, 4.69) is 123 Å². The zero-order valence-corrected chi connectivity index (χ0v) is 31.9. The Bertz CT molecular complexity index is 3430. The molecule has 0 spiro atoms. The van der Waals surface area contributed by atoms with Gasteiger partial charge in [0, 0.05) is 50.5 Å². The van der Waals surface area contributed by atoms with Crippen molar-refractivity contribution in [2.45, 2.75) is 13.3 Å². The van der Waals surface area contributed by atoms with Crippen LogP contribution in [0, 0.1) is 0 Å². The van der Waals surface area contributed by atoms with E-state index >= 15 is 0 Å². The highest BCUT2D eigenvalue weighted by molar-refractivity contribution is 6.08. The fourth-order valence-electron chi connectivity index (χ4n) is 8.05. The zero-order valence-electron chi connectivity index (χ0n) is 31.9. The number of aromatic nitrogens is 1. The predicted octanol–water partition coefficient (Wildman–Crippen LogP) is 12.4. The van der Waals surface area contributed by atoms with Gasteiger partial charge in [-0.2, -0.15) is 0 Å². The van der Waals surface area contributed by atoms with Gasteiger partial charge >= 0.3 is 0 Å². The van der Waals surface area contributed by atoms with E-state index in [0.29, 0.717) is 11.8 Å². The molecule has 6 aromatic carbocycles. The third kappa shape index (κ3) is 6.29. The first-order chi connectivity index (χ1) is 28.5. The molecule has 0 aliphatic carbocycles. The lowest BCUT2D eigenvalue weighted by molar-refractivity contribution is 0.577. The van der Waals surface area contributed by atoms with Crippen molar-refractivity contribution in [1.82, 2.24) is 4.98 Å². The minimum absolute atomic E-state index is 0.633. The number of para-hydroxylation sites is 2. The van der Waals surface area contributed by atoms with Crippen LogP contribution in [0.3, 0.4) is 0 Å². The van der Waals surface area contributed by atoms with Crippen molar-refractivity contribution in [3.05, 3.63) is 198 Å². The highest BCUT2D eigenvalue weighted by atomic mass is 16.3. The summed E-state index contributed by atoms with van der Waals surface area (Å²) in [5, 5.41) is 6.37. The molecule has 0 amide bonds. The number of fused-ring (bicyclic) bond motifs is 7. The van der Waals surface area contributed by atoms with Gasteiger partial charge in [-0.1, -0.05) is 91.5 Å². The molecule has 0 radical (unpaired) electrons. The molecule has 0 saturated carbocycles. The van der Waals surface area contributed by atoms with E-state index in [-0.39, 0.29) is 0 Å². The normalized spacial score (nSPS) is 13.0. The molecule has 0 unspecified atom stereocenters. The van der Waals surface area contributed by atoms with E-state index < -0.39 is 0 Å². The average Bonchev–Trinajstić information content (AvgIpc) is 3.93. The summed E-state index contributed by atoms with van der Waals surface area (Å²) in [6, 6.07) is 48.2. The second-order valence-corrected chi connectivity index (χ2v) is 14.5. The third-order valence-electron chi connectivity index (χ3n) is 11.0. The van der Waals surface area contributed by atoms with Crippen molar-refractivity contribution < 1.29 is 13.3 Å². The zero-order chi connectivity index (χ0) is 39.2. The van der Waals surface area contributed by atoms with Crippen LogP contribution >= 0.6 is 0 Å². The first-order valence-corrected chi connectivity index (χ1v) is 19.4.